The molecule has 3 aromatic heterocycles. The molecule has 5 rings (SSSR count). The standard InChI is InChI=1S/C23H13ClF2N2O4S/c1-10-2-7-16(32-10)20(29)18-19(13-5-4-12(25)9-14(13)26)28(22(31)21(18)30)23-27-15-6-3-11(24)8-17(15)33-23/h2-9,30-31H,1H3. The van der Waals surface area contributed by atoms with E-state index < -0.39 is 34.6 Å². The zero-order valence-electron chi connectivity index (χ0n) is 16.8. The number of rotatable bonds is 4. The molecule has 0 unspecified atom stereocenters. The summed E-state index contributed by atoms with van der Waals surface area (Å²) in [6, 6.07) is 10.7. The SMILES string of the molecule is Cc1ccc(C(=O)c2c(O)c(O)n(-c3nc4ccc(Cl)cc4s3)c2-c2ccc(F)cc2F)o1. The van der Waals surface area contributed by atoms with Crippen molar-refractivity contribution in [2.24, 2.45) is 0 Å². The maximum atomic E-state index is 14.9. The molecule has 0 saturated carbocycles. The highest BCUT2D eigenvalue weighted by atomic mass is 35.5. The van der Waals surface area contributed by atoms with E-state index in [9.17, 15) is 23.8 Å². The maximum Gasteiger partial charge on any atom is 0.242 e. The van der Waals surface area contributed by atoms with Gasteiger partial charge in [0.05, 0.1) is 21.5 Å². The molecule has 2 aromatic carbocycles. The Labute approximate surface area is 193 Å². The summed E-state index contributed by atoms with van der Waals surface area (Å²) in [5.74, 6) is -3.82. The predicted octanol–water partition coefficient (Wildman–Crippen LogP) is 6.23. The molecule has 0 aliphatic carbocycles. The lowest BCUT2D eigenvalue weighted by atomic mass is 10.0. The third kappa shape index (κ3) is 3.46. The zero-order chi connectivity index (χ0) is 23.4. The molecule has 0 aliphatic rings. The molecular formula is C23H13ClF2N2O4S. The summed E-state index contributed by atoms with van der Waals surface area (Å²) >= 11 is 7.15. The van der Waals surface area contributed by atoms with Gasteiger partial charge in [-0.3, -0.25) is 9.36 Å². The van der Waals surface area contributed by atoms with Crippen LogP contribution >= 0.6 is 22.9 Å². The van der Waals surface area contributed by atoms with Crippen molar-refractivity contribution < 1.29 is 28.2 Å². The van der Waals surface area contributed by atoms with E-state index in [1.54, 1.807) is 31.2 Å². The summed E-state index contributed by atoms with van der Waals surface area (Å²) < 4.78 is 35.6. The van der Waals surface area contributed by atoms with Crippen molar-refractivity contribution in [3.63, 3.8) is 0 Å². The van der Waals surface area contributed by atoms with E-state index in [1.165, 1.54) is 6.07 Å². The molecule has 0 amide bonds. The minimum absolute atomic E-state index is 0.125. The van der Waals surface area contributed by atoms with E-state index in [0.717, 1.165) is 28.0 Å². The number of furan rings is 1. The van der Waals surface area contributed by atoms with E-state index in [0.29, 0.717) is 27.1 Å². The van der Waals surface area contributed by atoms with Crippen molar-refractivity contribution in [2.75, 3.05) is 0 Å². The van der Waals surface area contributed by atoms with Crippen molar-refractivity contribution in [3.8, 4) is 28.0 Å². The number of ketones is 1. The second-order valence-electron chi connectivity index (χ2n) is 7.20. The van der Waals surface area contributed by atoms with Crippen LogP contribution in [0.3, 0.4) is 0 Å². The lowest BCUT2D eigenvalue weighted by Crippen LogP contribution is -2.05. The second-order valence-corrected chi connectivity index (χ2v) is 8.65. The summed E-state index contributed by atoms with van der Waals surface area (Å²) in [5, 5.41) is 22.2. The van der Waals surface area contributed by atoms with Gasteiger partial charge in [0, 0.05) is 16.7 Å². The van der Waals surface area contributed by atoms with Crippen LogP contribution < -0.4 is 0 Å². The van der Waals surface area contributed by atoms with Crippen LogP contribution in [0, 0.1) is 18.6 Å². The number of carbonyl (C=O) groups is 1. The number of aryl methyl sites for hydroxylation is 1. The number of fused-ring (bicyclic) bond motifs is 1. The highest BCUT2D eigenvalue weighted by Crippen LogP contribution is 2.46. The fraction of sp³-hybridized carbons (Fsp3) is 0.0435. The molecule has 0 spiro atoms. The first-order valence-corrected chi connectivity index (χ1v) is 10.7. The van der Waals surface area contributed by atoms with Crippen molar-refractivity contribution in [1.82, 2.24) is 9.55 Å². The van der Waals surface area contributed by atoms with E-state index >= 15 is 0 Å². The van der Waals surface area contributed by atoms with Crippen LogP contribution in [0.1, 0.15) is 21.9 Å². The first kappa shape index (κ1) is 21.2. The molecule has 0 aliphatic heterocycles. The normalized spacial score (nSPS) is 11.4. The monoisotopic (exact) mass is 486 g/mol. The van der Waals surface area contributed by atoms with Gasteiger partial charge in [-0.05, 0) is 49.4 Å². The Morgan fingerprint density at radius 1 is 1.12 bits per heavy atom. The molecule has 0 atom stereocenters. The molecule has 0 radical (unpaired) electrons. The first-order chi connectivity index (χ1) is 15.7. The molecule has 0 bridgehead atoms. The van der Waals surface area contributed by atoms with Crippen LogP contribution in [0.2, 0.25) is 5.02 Å². The Bertz CT molecular complexity index is 1570. The molecule has 6 nitrogen and oxygen atoms in total. The molecule has 0 saturated heterocycles. The fourth-order valence-electron chi connectivity index (χ4n) is 3.55. The Hall–Kier alpha value is -3.69. The van der Waals surface area contributed by atoms with E-state index in [4.69, 9.17) is 16.0 Å². The van der Waals surface area contributed by atoms with Gasteiger partial charge in [-0.15, -0.1) is 0 Å². The van der Waals surface area contributed by atoms with Gasteiger partial charge in [-0.1, -0.05) is 22.9 Å². The van der Waals surface area contributed by atoms with Crippen LogP contribution in [0.5, 0.6) is 11.6 Å². The molecule has 5 aromatic rings. The Kier molecular flexibility index (Phi) is 4.95. The second kappa shape index (κ2) is 7.72. The van der Waals surface area contributed by atoms with Crippen molar-refractivity contribution >= 4 is 38.9 Å². The van der Waals surface area contributed by atoms with Crippen molar-refractivity contribution in [1.29, 1.82) is 0 Å². The highest BCUT2D eigenvalue weighted by Gasteiger charge is 2.33. The molecular weight excluding hydrogens is 474 g/mol. The summed E-state index contributed by atoms with van der Waals surface area (Å²) in [4.78, 5) is 17.7. The number of halogens is 3. The minimum Gasteiger partial charge on any atom is -0.503 e. The van der Waals surface area contributed by atoms with Gasteiger partial charge >= 0.3 is 0 Å². The van der Waals surface area contributed by atoms with Crippen LogP contribution in [0.15, 0.2) is 52.9 Å². The summed E-state index contributed by atoms with van der Waals surface area (Å²) in [6.07, 6.45) is 0. The number of hydrogen-bond acceptors (Lipinski definition) is 6. The zero-order valence-corrected chi connectivity index (χ0v) is 18.3. The van der Waals surface area contributed by atoms with Crippen LogP contribution in [-0.4, -0.2) is 25.5 Å². The fourth-order valence-corrected chi connectivity index (χ4v) is 4.80. The summed E-state index contributed by atoms with van der Waals surface area (Å²) in [6.45, 7) is 1.63. The number of thiazole rings is 1. The lowest BCUT2D eigenvalue weighted by molar-refractivity contribution is 0.101. The Morgan fingerprint density at radius 3 is 2.61 bits per heavy atom. The Balaban J connectivity index is 1.84. The topological polar surface area (TPSA) is 88.5 Å². The van der Waals surface area contributed by atoms with E-state index in [2.05, 4.69) is 4.98 Å². The quantitative estimate of drug-likeness (QED) is 0.294. The molecule has 33 heavy (non-hydrogen) atoms. The van der Waals surface area contributed by atoms with E-state index in [-0.39, 0.29) is 22.1 Å². The highest BCUT2D eigenvalue weighted by molar-refractivity contribution is 7.20. The summed E-state index contributed by atoms with van der Waals surface area (Å²) in [7, 11) is 0. The smallest absolute Gasteiger partial charge is 0.242 e. The Morgan fingerprint density at radius 2 is 1.91 bits per heavy atom. The summed E-state index contributed by atoms with van der Waals surface area (Å²) in [5.41, 5.74) is -0.306. The van der Waals surface area contributed by atoms with Crippen molar-refractivity contribution in [3.05, 3.63) is 82.3 Å². The van der Waals surface area contributed by atoms with Gasteiger partial charge in [0.15, 0.2) is 16.6 Å². The predicted molar refractivity (Wildman–Crippen MR) is 120 cm³/mol. The largest absolute Gasteiger partial charge is 0.503 e. The average molecular weight is 487 g/mol. The third-order valence-electron chi connectivity index (χ3n) is 5.03. The third-order valence-corrected chi connectivity index (χ3v) is 6.27. The van der Waals surface area contributed by atoms with Gasteiger partial charge in [-0.2, -0.15) is 0 Å². The van der Waals surface area contributed by atoms with Gasteiger partial charge in [0.2, 0.25) is 11.7 Å². The molecule has 2 N–H and O–H groups in total. The molecule has 0 fully saturated rings. The first-order valence-electron chi connectivity index (χ1n) is 9.54. The molecule has 3 heterocycles. The van der Waals surface area contributed by atoms with Gasteiger partial charge in [-0.25, -0.2) is 13.8 Å². The molecule has 166 valence electrons. The van der Waals surface area contributed by atoms with Gasteiger partial charge in [0.1, 0.15) is 17.4 Å². The maximum absolute atomic E-state index is 14.9. The van der Waals surface area contributed by atoms with Crippen LogP contribution in [0.4, 0.5) is 8.78 Å². The number of carbonyl (C=O) groups excluding carboxylic acids is 1. The van der Waals surface area contributed by atoms with Gasteiger partial charge < -0.3 is 14.6 Å². The number of aromatic nitrogens is 2. The van der Waals surface area contributed by atoms with Gasteiger partial charge in [0.25, 0.3) is 0 Å². The number of hydrogen-bond donors (Lipinski definition) is 2. The van der Waals surface area contributed by atoms with Crippen LogP contribution in [-0.2, 0) is 0 Å². The number of aromatic hydroxyl groups is 2. The van der Waals surface area contributed by atoms with E-state index in [1.807, 2.05) is 0 Å². The molecule has 10 heteroatoms. The minimum atomic E-state index is -0.998. The number of nitrogens with zero attached hydrogens (tertiary/aromatic N) is 2. The van der Waals surface area contributed by atoms with Crippen molar-refractivity contribution in [2.45, 2.75) is 6.92 Å². The van der Waals surface area contributed by atoms with Crippen LogP contribution in [0.25, 0.3) is 26.6 Å². The lowest BCUT2D eigenvalue weighted by Gasteiger charge is -2.10. The number of benzene rings is 2. The average Bonchev–Trinajstić information content (AvgIpc) is 3.44.